The Labute approximate surface area is 107 Å². The number of carbonyl (C=O) groups excluding carboxylic acids is 2. The van der Waals surface area contributed by atoms with Gasteiger partial charge in [-0.3, -0.25) is 9.59 Å². The fourth-order valence-corrected chi connectivity index (χ4v) is 2.24. The second kappa shape index (κ2) is 4.53. The zero-order chi connectivity index (χ0) is 13.3. The highest BCUT2D eigenvalue weighted by molar-refractivity contribution is 6.03. The first-order valence-electron chi connectivity index (χ1n) is 6.12. The van der Waals surface area contributed by atoms with Gasteiger partial charge in [0.05, 0.1) is 6.42 Å². The largest absolute Gasteiger partial charge is 0.330 e. The number of nitrogens with two attached hydrogens (primary N) is 1. The minimum absolute atomic E-state index is 0.0178. The number of rotatable bonds is 4. The van der Waals surface area contributed by atoms with E-state index in [4.69, 9.17) is 5.73 Å². The zero-order valence-corrected chi connectivity index (χ0v) is 10.7. The van der Waals surface area contributed by atoms with Gasteiger partial charge in [0.15, 0.2) is 5.78 Å². The standard InChI is InChI=1S/C14H18N2O2/c1-14(2,5-6-15)13(18)9-3-4-11-10(7-9)8-12(17)16-11/h3-4,7H,5-6,8,15H2,1-2H3,(H,16,17). The summed E-state index contributed by atoms with van der Waals surface area (Å²) in [6.07, 6.45) is 1.01. The van der Waals surface area contributed by atoms with E-state index < -0.39 is 5.41 Å². The van der Waals surface area contributed by atoms with Gasteiger partial charge in [-0.2, -0.15) is 0 Å². The molecule has 4 nitrogen and oxygen atoms in total. The van der Waals surface area contributed by atoms with Gasteiger partial charge in [0.1, 0.15) is 0 Å². The molecule has 1 amide bonds. The summed E-state index contributed by atoms with van der Waals surface area (Å²) < 4.78 is 0. The number of carbonyl (C=O) groups is 2. The lowest BCUT2D eigenvalue weighted by Gasteiger charge is -2.22. The predicted octanol–water partition coefficient (Wildman–Crippen LogP) is 1.74. The predicted molar refractivity (Wildman–Crippen MR) is 70.6 cm³/mol. The molecular weight excluding hydrogens is 228 g/mol. The van der Waals surface area contributed by atoms with Gasteiger partial charge in [0.25, 0.3) is 0 Å². The third-order valence-electron chi connectivity index (χ3n) is 3.38. The monoisotopic (exact) mass is 246 g/mol. The fraction of sp³-hybridized carbons (Fsp3) is 0.429. The van der Waals surface area contributed by atoms with Crippen LogP contribution in [0.1, 0.15) is 36.2 Å². The lowest BCUT2D eigenvalue weighted by molar-refractivity contribution is -0.115. The summed E-state index contributed by atoms with van der Waals surface area (Å²) in [6.45, 7) is 4.29. The van der Waals surface area contributed by atoms with Gasteiger partial charge >= 0.3 is 0 Å². The van der Waals surface area contributed by atoms with E-state index in [9.17, 15) is 9.59 Å². The molecule has 2 rings (SSSR count). The number of fused-ring (bicyclic) bond motifs is 1. The SMILES string of the molecule is CC(C)(CCN)C(=O)c1ccc2c(c1)CC(=O)N2. The van der Waals surface area contributed by atoms with Crippen molar-refractivity contribution in [3.63, 3.8) is 0 Å². The Balaban J connectivity index is 2.28. The van der Waals surface area contributed by atoms with E-state index in [1.807, 2.05) is 19.9 Å². The highest BCUT2D eigenvalue weighted by Gasteiger charge is 2.29. The van der Waals surface area contributed by atoms with Crippen molar-refractivity contribution in [2.45, 2.75) is 26.7 Å². The summed E-state index contributed by atoms with van der Waals surface area (Å²) in [5, 5.41) is 2.76. The highest BCUT2D eigenvalue weighted by Crippen LogP contribution is 2.29. The molecular formula is C14H18N2O2. The molecule has 96 valence electrons. The number of nitrogens with one attached hydrogen (secondary N) is 1. The van der Waals surface area contributed by atoms with Gasteiger partial charge < -0.3 is 11.1 Å². The molecule has 0 fully saturated rings. The average molecular weight is 246 g/mol. The topological polar surface area (TPSA) is 72.2 Å². The first-order valence-corrected chi connectivity index (χ1v) is 6.12. The van der Waals surface area contributed by atoms with Gasteiger partial charge in [0.2, 0.25) is 5.91 Å². The van der Waals surface area contributed by atoms with E-state index in [0.717, 1.165) is 11.3 Å². The minimum atomic E-state index is -0.459. The number of hydrogen-bond donors (Lipinski definition) is 2. The first-order chi connectivity index (χ1) is 8.44. The normalized spacial score (nSPS) is 14.3. The van der Waals surface area contributed by atoms with E-state index >= 15 is 0 Å². The summed E-state index contributed by atoms with van der Waals surface area (Å²) in [6, 6.07) is 5.38. The van der Waals surface area contributed by atoms with E-state index in [2.05, 4.69) is 5.32 Å². The third kappa shape index (κ3) is 2.29. The van der Waals surface area contributed by atoms with Crippen molar-refractivity contribution >= 4 is 17.4 Å². The number of benzene rings is 1. The zero-order valence-electron chi connectivity index (χ0n) is 10.7. The van der Waals surface area contributed by atoms with Crippen LogP contribution in [-0.4, -0.2) is 18.2 Å². The van der Waals surface area contributed by atoms with Crippen LogP contribution in [0.25, 0.3) is 0 Å². The van der Waals surface area contributed by atoms with Crippen LogP contribution in [-0.2, 0) is 11.2 Å². The van der Waals surface area contributed by atoms with Gasteiger partial charge in [-0.15, -0.1) is 0 Å². The number of anilines is 1. The summed E-state index contributed by atoms with van der Waals surface area (Å²) >= 11 is 0. The quantitative estimate of drug-likeness (QED) is 0.795. The summed E-state index contributed by atoms with van der Waals surface area (Å²) in [5.74, 6) is 0.0610. The van der Waals surface area contributed by atoms with Crippen molar-refractivity contribution in [2.24, 2.45) is 11.1 Å². The third-order valence-corrected chi connectivity index (χ3v) is 3.38. The lowest BCUT2D eigenvalue weighted by Crippen LogP contribution is -2.27. The number of hydrogen-bond acceptors (Lipinski definition) is 3. The molecule has 0 aromatic heterocycles. The van der Waals surface area contributed by atoms with Crippen molar-refractivity contribution in [2.75, 3.05) is 11.9 Å². The molecule has 1 aromatic rings. The minimum Gasteiger partial charge on any atom is -0.330 e. The van der Waals surface area contributed by atoms with E-state index in [0.29, 0.717) is 24.9 Å². The number of amides is 1. The molecule has 0 atom stereocenters. The Morgan fingerprint density at radius 3 is 2.83 bits per heavy atom. The molecule has 1 aromatic carbocycles. The smallest absolute Gasteiger partial charge is 0.228 e. The molecule has 0 radical (unpaired) electrons. The first kappa shape index (κ1) is 12.8. The van der Waals surface area contributed by atoms with Gasteiger partial charge in [-0.1, -0.05) is 13.8 Å². The molecule has 4 heteroatoms. The Hall–Kier alpha value is -1.68. The number of Topliss-reactive ketones (excluding diaryl/α,β-unsaturated/α-hetero) is 1. The van der Waals surface area contributed by atoms with E-state index in [-0.39, 0.29) is 11.7 Å². The number of ketones is 1. The van der Waals surface area contributed by atoms with Gasteiger partial charge in [-0.05, 0) is 36.7 Å². The van der Waals surface area contributed by atoms with Crippen LogP contribution in [0.3, 0.4) is 0 Å². The highest BCUT2D eigenvalue weighted by atomic mass is 16.1. The van der Waals surface area contributed by atoms with Crippen LogP contribution in [0.5, 0.6) is 0 Å². The van der Waals surface area contributed by atoms with Crippen molar-refractivity contribution in [1.29, 1.82) is 0 Å². The van der Waals surface area contributed by atoms with Crippen molar-refractivity contribution in [3.8, 4) is 0 Å². The van der Waals surface area contributed by atoms with Crippen molar-refractivity contribution in [3.05, 3.63) is 29.3 Å². The van der Waals surface area contributed by atoms with Crippen LogP contribution in [0, 0.1) is 5.41 Å². The molecule has 0 saturated heterocycles. The molecule has 0 unspecified atom stereocenters. The van der Waals surface area contributed by atoms with Crippen LogP contribution in [0.4, 0.5) is 5.69 Å². The molecule has 0 spiro atoms. The van der Waals surface area contributed by atoms with Crippen LogP contribution in [0.15, 0.2) is 18.2 Å². The summed E-state index contributed by atoms with van der Waals surface area (Å²) in [7, 11) is 0. The Bertz CT molecular complexity index is 507. The molecule has 0 bridgehead atoms. The average Bonchev–Trinajstić information content (AvgIpc) is 2.66. The molecule has 0 saturated carbocycles. The van der Waals surface area contributed by atoms with Crippen molar-refractivity contribution < 1.29 is 9.59 Å². The summed E-state index contributed by atoms with van der Waals surface area (Å²) in [5.41, 5.74) is 7.44. The second-order valence-corrected chi connectivity index (χ2v) is 5.35. The van der Waals surface area contributed by atoms with Crippen LogP contribution >= 0.6 is 0 Å². The molecule has 1 aliphatic rings. The Morgan fingerprint density at radius 1 is 1.44 bits per heavy atom. The molecule has 1 heterocycles. The molecule has 1 aliphatic heterocycles. The maximum absolute atomic E-state index is 12.4. The van der Waals surface area contributed by atoms with Crippen LogP contribution in [0.2, 0.25) is 0 Å². The molecule has 3 N–H and O–H groups in total. The maximum Gasteiger partial charge on any atom is 0.228 e. The Kier molecular flexibility index (Phi) is 3.22. The second-order valence-electron chi connectivity index (χ2n) is 5.35. The molecule has 0 aliphatic carbocycles. The Morgan fingerprint density at radius 2 is 2.17 bits per heavy atom. The van der Waals surface area contributed by atoms with E-state index in [1.165, 1.54) is 0 Å². The van der Waals surface area contributed by atoms with Crippen molar-refractivity contribution in [1.82, 2.24) is 0 Å². The maximum atomic E-state index is 12.4. The summed E-state index contributed by atoms with van der Waals surface area (Å²) in [4.78, 5) is 23.6. The fourth-order valence-electron chi connectivity index (χ4n) is 2.24. The van der Waals surface area contributed by atoms with E-state index in [1.54, 1.807) is 12.1 Å². The van der Waals surface area contributed by atoms with Gasteiger partial charge in [-0.25, -0.2) is 0 Å². The van der Waals surface area contributed by atoms with Crippen LogP contribution < -0.4 is 11.1 Å². The lowest BCUT2D eigenvalue weighted by atomic mass is 9.81. The van der Waals surface area contributed by atoms with Gasteiger partial charge in [0, 0.05) is 16.7 Å². The molecule has 18 heavy (non-hydrogen) atoms.